The van der Waals surface area contributed by atoms with Crippen molar-refractivity contribution < 1.29 is 13.9 Å². The van der Waals surface area contributed by atoms with Crippen molar-refractivity contribution in [3.8, 4) is 0 Å². The largest absolute Gasteiger partial charge is 0.370 e. The van der Waals surface area contributed by atoms with Crippen LogP contribution in [0.15, 0.2) is 24.3 Å². The molecule has 2 aromatic rings. The van der Waals surface area contributed by atoms with Crippen molar-refractivity contribution >= 4 is 5.91 Å². The third-order valence-electron chi connectivity index (χ3n) is 7.03. The van der Waals surface area contributed by atoms with Gasteiger partial charge in [-0.2, -0.15) is 0 Å². The highest BCUT2D eigenvalue weighted by Gasteiger charge is 2.31. The van der Waals surface area contributed by atoms with E-state index in [2.05, 4.69) is 19.7 Å². The molecule has 0 saturated carbocycles. The van der Waals surface area contributed by atoms with Gasteiger partial charge in [0.1, 0.15) is 23.6 Å². The van der Waals surface area contributed by atoms with Crippen LogP contribution in [0, 0.1) is 5.82 Å². The molecule has 0 bridgehead atoms. The first kappa shape index (κ1) is 21.5. The zero-order valence-corrected chi connectivity index (χ0v) is 18.6. The summed E-state index contributed by atoms with van der Waals surface area (Å²) in [7, 11) is 0. The smallest absolute Gasteiger partial charge is 0.236 e. The average molecular weight is 442 g/mol. The Morgan fingerprint density at radius 3 is 2.78 bits per heavy atom. The molecule has 2 saturated heterocycles. The molecule has 2 atom stereocenters. The van der Waals surface area contributed by atoms with Gasteiger partial charge in [-0.25, -0.2) is 4.39 Å². The Morgan fingerprint density at radius 1 is 1.03 bits per heavy atom. The minimum absolute atomic E-state index is 0.140. The Kier molecular flexibility index (Phi) is 6.50. The van der Waals surface area contributed by atoms with Crippen LogP contribution >= 0.6 is 0 Å². The summed E-state index contributed by atoms with van der Waals surface area (Å²) in [5.41, 5.74) is 0.912. The van der Waals surface area contributed by atoms with E-state index in [1.54, 1.807) is 12.1 Å². The second-order valence-electron chi connectivity index (χ2n) is 9.26. The van der Waals surface area contributed by atoms with Gasteiger partial charge in [0.15, 0.2) is 0 Å². The Morgan fingerprint density at radius 2 is 1.91 bits per heavy atom. The Bertz CT molecular complexity index is 931. The first-order chi connectivity index (χ1) is 15.7. The van der Waals surface area contributed by atoms with Crippen molar-refractivity contribution in [2.45, 2.75) is 57.1 Å². The summed E-state index contributed by atoms with van der Waals surface area (Å²) in [4.78, 5) is 17.3. The van der Waals surface area contributed by atoms with E-state index in [9.17, 15) is 9.18 Å². The van der Waals surface area contributed by atoms with Crippen molar-refractivity contribution in [1.82, 2.24) is 24.6 Å². The second kappa shape index (κ2) is 9.67. The minimum atomic E-state index is -0.262. The van der Waals surface area contributed by atoms with Crippen molar-refractivity contribution in [2.75, 3.05) is 39.3 Å². The van der Waals surface area contributed by atoms with Gasteiger partial charge in [-0.3, -0.25) is 9.69 Å². The number of aryl methyl sites for hydroxylation is 1. The predicted octanol–water partition coefficient (Wildman–Crippen LogP) is 2.92. The van der Waals surface area contributed by atoms with E-state index < -0.39 is 0 Å². The summed E-state index contributed by atoms with van der Waals surface area (Å²) in [6.45, 7) is 4.86. The molecule has 172 valence electrons. The van der Waals surface area contributed by atoms with Gasteiger partial charge in [0.25, 0.3) is 0 Å². The van der Waals surface area contributed by atoms with Gasteiger partial charge in [-0.05, 0) is 49.9 Å². The first-order valence-corrected chi connectivity index (χ1v) is 12.0. The quantitative estimate of drug-likeness (QED) is 0.730. The fraction of sp³-hybridized carbons (Fsp3) is 0.625. The number of carbonyl (C=O) groups is 1. The van der Waals surface area contributed by atoms with Crippen LogP contribution in [0.25, 0.3) is 0 Å². The number of aromatic nitrogens is 3. The van der Waals surface area contributed by atoms with E-state index >= 15 is 0 Å². The van der Waals surface area contributed by atoms with Crippen LogP contribution in [0.3, 0.4) is 0 Å². The van der Waals surface area contributed by atoms with Crippen molar-refractivity contribution in [3.63, 3.8) is 0 Å². The molecule has 2 fully saturated rings. The molecule has 0 aliphatic carbocycles. The number of carbonyl (C=O) groups excluding carboxylic acids is 1. The van der Waals surface area contributed by atoms with E-state index in [-0.39, 0.29) is 17.8 Å². The van der Waals surface area contributed by atoms with Gasteiger partial charge in [0, 0.05) is 32.0 Å². The van der Waals surface area contributed by atoms with Gasteiger partial charge >= 0.3 is 0 Å². The number of benzene rings is 1. The second-order valence-corrected chi connectivity index (χ2v) is 9.26. The molecule has 32 heavy (non-hydrogen) atoms. The Balaban J connectivity index is 1.20. The van der Waals surface area contributed by atoms with Crippen LogP contribution in [-0.2, 0) is 22.5 Å². The SMILES string of the molecule is O=C(CN1CCCC(c2nnc3n2CCCCC3)C1)N1CCOC(c2ccc(F)cc2)C1. The zero-order chi connectivity index (χ0) is 21.9. The molecule has 0 radical (unpaired) electrons. The molecule has 1 aromatic heterocycles. The predicted molar refractivity (Wildman–Crippen MR) is 118 cm³/mol. The zero-order valence-electron chi connectivity index (χ0n) is 18.6. The maximum Gasteiger partial charge on any atom is 0.236 e. The number of morpholine rings is 1. The summed E-state index contributed by atoms with van der Waals surface area (Å²) in [6, 6.07) is 6.37. The van der Waals surface area contributed by atoms with Crippen LogP contribution in [0.4, 0.5) is 4.39 Å². The molecule has 8 heteroatoms. The molecular weight excluding hydrogens is 409 g/mol. The topological polar surface area (TPSA) is 63.5 Å². The maximum absolute atomic E-state index is 13.2. The molecule has 2 unspecified atom stereocenters. The average Bonchev–Trinajstić information content (AvgIpc) is 3.08. The molecule has 0 spiro atoms. The molecule has 1 amide bonds. The lowest BCUT2D eigenvalue weighted by molar-refractivity contribution is -0.140. The van der Waals surface area contributed by atoms with E-state index in [0.29, 0.717) is 32.2 Å². The van der Waals surface area contributed by atoms with Crippen LogP contribution in [0.5, 0.6) is 0 Å². The molecule has 3 aliphatic heterocycles. The molecule has 3 aliphatic rings. The number of piperidine rings is 1. The lowest BCUT2D eigenvalue weighted by Crippen LogP contribution is -2.48. The summed E-state index contributed by atoms with van der Waals surface area (Å²) in [6.07, 6.45) is 6.64. The van der Waals surface area contributed by atoms with Crippen LogP contribution in [-0.4, -0.2) is 69.8 Å². The third-order valence-corrected chi connectivity index (χ3v) is 7.03. The lowest BCUT2D eigenvalue weighted by atomic mass is 9.97. The molecule has 4 heterocycles. The number of hydrogen-bond donors (Lipinski definition) is 0. The highest BCUT2D eigenvalue weighted by atomic mass is 19.1. The maximum atomic E-state index is 13.2. The normalized spacial score (nSPS) is 24.7. The summed E-state index contributed by atoms with van der Waals surface area (Å²) in [5.74, 6) is 2.46. The summed E-state index contributed by atoms with van der Waals surface area (Å²) in [5, 5.41) is 9.04. The van der Waals surface area contributed by atoms with Crippen molar-refractivity contribution in [3.05, 3.63) is 47.3 Å². The van der Waals surface area contributed by atoms with Gasteiger partial charge in [0.2, 0.25) is 5.91 Å². The van der Waals surface area contributed by atoms with Gasteiger partial charge in [0.05, 0.1) is 19.7 Å². The lowest BCUT2D eigenvalue weighted by Gasteiger charge is -2.36. The van der Waals surface area contributed by atoms with E-state index in [1.807, 2.05) is 4.90 Å². The van der Waals surface area contributed by atoms with E-state index in [4.69, 9.17) is 4.74 Å². The first-order valence-electron chi connectivity index (χ1n) is 12.0. The van der Waals surface area contributed by atoms with Gasteiger partial charge in [-0.15, -0.1) is 10.2 Å². The highest BCUT2D eigenvalue weighted by Crippen LogP contribution is 2.28. The van der Waals surface area contributed by atoms with Crippen molar-refractivity contribution in [2.24, 2.45) is 0 Å². The highest BCUT2D eigenvalue weighted by molar-refractivity contribution is 5.78. The number of halogens is 1. The van der Waals surface area contributed by atoms with E-state index in [1.165, 1.54) is 31.4 Å². The standard InChI is InChI=1S/C24H32FN5O2/c25-20-9-7-18(8-10-20)21-16-29(13-14-32-21)23(31)17-28-11-4-5-19(15-28)24-27-26-22-6-2-1-3-12-30(22)24/h7-10,19,21H,1-6,11-17H2. The fourth-order valence-corrected chi connectivity index (χ4v) is 5.27. The molecular formula is C24H32FN5O2. The monoisotopic (exact) mass is 441 g/mol. The van der Waals surface area contributed by atoms with Crippen LogP contribution < -0.4 is 0 Å². The number of rotatable bonds is 4. The van der Waals surface area contributed by atoms with Crippen molar-refractivity contribution in [1.29, 1.82) is 0 Å². The fourth-order valence-electron chi connectivity index (χ4n) is 5.27. The molecule has 1 aromatic carbocycles. The molecule has 7 nitrogen and oxygen atoms in total. The van der Waals surface area contributed by atoms with Crippen LogP contribution in [0.2, 0.25) is 0 Å². The number of amides is 1. The molecule has 5 rings (SSSR count). The number of ether oxygens (including phenoxy) is 1. The number of likely N-dealkylation sites (tertiary alicyclic amines) is 1. The Hall–Kier alpha value is -2.32. The van der Waals surface area contributed by atoms with E-state index in [0.717, 1.165) is 56.1 Å². The Labute approximate surface area is 188 Å². The number of fused-ring (bicyclic) bond motifs is 1. The van der Waals surface area contributed by atoms with Crippen LogP contribution in [0.1, 0.15) is 61.3 Å². The summed E-state index contributed by atoms with van der Waals surface area (Å²) >= 11 is 0. The number of hydrogen-bond acceptors (Lipinski definition) is 5. The number of nitrogens with zero attached hydrogens (tertiary/aromatic N) is 5. The third kappa shape index (κ3) is 4.71. The van der Waals surface area contributed by atoms with Gasteiger partial charge in [-0.1, -0.05) is 18.6 Å². The summed E-state index contributed by atoms with van der Waals surface area (Å²) < 4.78 is 21.4. The van der Waals surface area contributed by atoms with Gasteiger partial charge < -0.3 is 14.2 Å². The minimum Gasteiger partial charge on any atom is -0.370 e. The molecule has 0 N–H and O–H groups in total.